The highest BCUT2D eigenvalue weighted by Crippen LogP contribution is 2.17. The van der Waals surface area contributed by atoms with Gasteiger partial charge in [0.25, 0.3) is 5.91 Å². The van der Waals surface area contributed by atoms with Crippen LogP contribution in [0.25, 0.3) is 6.08 Å². The largest absolute Gasteiger partial charge is 0.444 e. The maximum absolute atomic E-state index is 12.3. The van der Waals surface area contributed by atoms with Gasteiger partial charge in [0.05, 0.1) is 0 Å². The van der Waals surface area contributed by atoms with Gasteiger partial charge in [0, 0.05) is 32.3 Å². The van der Waals surface area contributed by atoms with Gasteiger partial charge < -0.3 is 14.2 Å². The van der Waals surface area contributed by atoms with Crippen LogP contribution in [0.3, 0.4) is 0 Å². The molecule has 0 bridgehead atoms. The Morgan fingerprint density at radius 1 is 0.958 bits per heavy atom. The Kier molecular flexibility index (Phi) is 5.15. The molecule has 0 spiro atoms. The fourth-order valence-electron chi connectivity index (χ4n) is 2.55. The Bertz CT molecular complexity index is 747. The van der Waals surface area contributed by atoms with Crippen molar-refractivity contribution in [3.8, 4) is 0 Å². The lowest BCUT2D eigenvalue weighted by molar-refractivity contribution is -0.127. The van der Waals surface area contributed by atoms with Crippen LogP contribution >= 0.6 is 15.9 Å². The molecule has 1 aliphatic rings. The number of halogens is 1. The number of carbonyl (C=O) groups is 2. The fraction of sp³-hybridized carbons (Fsp3) is 0.222. The lowest BCUT2D eigenvalue weighted by Crippen LogP contribution is -2.50. The van der Waals surface area contributed by atoms with E-state index in [-0.39, 0.29) is 11.8 Å². The molecule has 0 unspecified atom stereocenters. The quantitative estimate of drug-likeness (QED) is 0.759. The first kappa shape index (κ1) is 16.5. The summed E-state index contributed by atoms with van der Waals surface area (Å²) in [7, 11) is 0. The zero-order valence-corrected chi connectivity index (χ0v) is 14.6. The summed E-state index contributed by atoms with van der Waals surface area (Å²) in [6, 6.07) is 13.0. The average Bonchev–Trinajstić information content (AvgIpc) is 3.06. The van der Waals surface area contributed by atoms with E-state index in [2.05, 4.69) is 15.9 Å². The highest BCUT2D eigenvalue weighted by molar-refractivity contribution is 9.10. The van der Waals surface area contributed by atoms with Gasteiger partial charge in [-0.05, 0) is 39.7 Å². The van der Waals surface area contributed by atoms with E-state index in [1.165, 1.54) is 0 Å². The maximum atomic E-state index is 12.3. The average molecular weight is 389 g/mol. The second-order valence-corrected chi connectivity index (χ2v) is 6.25. The summed E-state index contributed by atoms with van der Waals surface area (Å²) >= 11 is 3.19. The number of hydrogen-bond donors (Lipinski definition) is 0. The second kappa shape index (κ2) is 7.49. The highest BCUT2D eigenvalue weighted by Gasteiger charge is 2.25. The van der Waals surface area contributed by atoms with Crippen molar-refractivity contribution in [2.45, 2.75) is 0 Å². The summed E-state index contributed by atoms with van der Waals surface area (Å²) in [6.07, 6.45) is 3.39. The smallest absolute Gasteiger partial charge is 0.289 e. The zero-order valence-electron chi connectivity index (χ0n) is 13.0. The fourth-order valence-corrected chi connectivity index (χ4v) is 2.86. The summed E-state index contributed by atoms with van der Waals surface area (Å²) in [5.74, 6) is 0.130. The van der Waals surface area contributed by atoms with Crippen molar-refractivity contribution in [1.82, 2.24) is 9.80 Å². The van der Waals surface area contributed by atoms with Crippen molar-refractivity contribution < 1.29 is 14.0 Å². The Labute approximate surface area is 148 Å². The number of rotatable bonds is 3. The predicted molar refractivity (Wildman–Crippen MR) is 94.4 cm³/mol. The van der Waals surface area contributed by atoms with Crippen LogP contribution in [0.1, 0.15) is 16.1 Å². The molecular weight excluding hydrogens is 372 g/mol. The molecule has 0 radical (unpaired) electrons. The molecule has 3 rings (SSSR count). The second-order valence-electron chi connectivity index (χ2n) is 5.47. The molecule has 2 aromatic rings. The van der Waals surface area contributed by atoms with Crippen LogP contribution in [-0.4, -0.2) is 47.8 Å². The molecule has 124 valence electrons. The summed E-state index contributed by atoms with van der Waals surface area (Å²) in [4.78, 5) is 28.0. The molecule has 2 amide bonds. The molecule has 1 aromatic carbocycles. The third-order valence-electron chi connectivity index (χ3n) is 3.88. The first-order chi connectivity index (χ1) is 11.6. The van der Waals surface area contributed by atoms with Crippen molar-refractivity contribution in [1.29, 1.82) is 0 Å². The van der Waals surface area contributed by atoms with Crippen LogP contribution in [0.2, 0.25) is 0 Å². The Hall–Kier alpha value is -2.34. The molecule has 2 heterocycles. The lowest BCUT2D eigenvalue weighted by atomic mass is 10.2. The van der Waals surface area contributed by atoms with Gasteiger partial charge >= 0.3 is 0 Å². The standard InChI is InChI=1S/C18H17BrN2O3/c19-16-8-7-15(24-16)18(23)21-12-10-20(11-13-21)17(22)9-6-14-4-2-1-3-5-14/h1-9H,10-13H2/b9-6+. The van der Waals surface area contributed by atoms with Crippen LogP contribution in [0, 0.1) is 0 Å². The molecular formula is C18H17BrN2O3. The van der Waals surface area contributed by atoms with Crippen LogP contribution in [-0.2, 0) is 4.79 Å². The monoisotopic (exact) mass is 388 g/mol. The van der Waals surface area contributed by atoms with E-state index in [1.54, 1.807) is 34.1 Å². The summed E-state index contributed by atoms with van der Waals surface area (Å²) in [6.45, 7) is 2.04. The van der Waals surface area contributed by atoms with Crippen molar-refractivity contribution in [3.05, 3.63) is 64.5 Å². The molecule has 6 heteroatoms. The third-order valence-corrected chi connectivity index (χ3v) is 4.31. The number of hydrogen-bond acceptors (Lipinski definition) is 3. The number of amides is 2. The van der Waals surface area contributed by atoms with Gasteiger partial charge in [-0.1, -0.05) is 30.3 Å². The Morgan fingerprint density at radius 3 is 2.25 bits per heavy atom. The SMILES string of the molecule is O=C(/C=C/c1ccccc1)N1CCN(C(=O)c2ccc(Br)o2)CC1. The van der Waals surface area contributed by atoms with Crippen molar-refractivity contribution in [2.24, 2.45) is 0 Å². The van der Waals surface area contributed by atoms with Crippen LogP contribution in [0.4, 0.5) is 0 Å². The van der Waals surface area contributed by atoms with Gasteiger partial charge in [0.1, 0.15) is 0 Å². The molecule has 0 saturated carbocycles. The van der Waals surface area contributed by atoms with E-state index in [0.29, 0.717) is 36.6 Å². The van der Waals surface area contributed by atoms with Gasteiger partial charge in [-0.2, -0.15) is 0 Å². The Balaban J connectivity index is 1.54. The van der Waals surface area contributed by atoms with Crippen LogP contribution in [0.5, 0.6) is 0 Å². The number of piperazine rings is 1. The molecule has 1 saturated heterocycles. The van der Waals surface area contributed by atoms with E-state index in [9.17, 15) is 9.59 Å². The van der Waals surface area contributed by atoms with E-state index in [4.69, 9.17) is 4.42 Å². The zero-order chi connectivity index (χ0) is 16.9. The molecule has 24 heavy (non-hydrogen) atoms. The van der Waals surface area contributed by atoms with Crippen LogP contribution in [0.15, 0.2) is 57.6 Å². The molecule has 1 aliphatic heterocycles. The normalized spacial score (nSPS) is 15.0. The highest BCUT2D eigenvalue weighted by atomic mass is 79.9. The maximum Gasteiger partial charge on any atom is 0.289 e. The van der Waals surface area contributed by atoms with Gasteiger partial charge in [-0.15, -0.1) is 0 Å². The lowest BCUT2D eigenvalue weighted by Gasteiger charge is -2.33. The summed E-state index contributed by atoms with van der Waals surface area (Å²) < 4.78 is 5.83. The third kappa shape index (κ3) is 3.94. The van der Waals surface area contributed by atoms with E-state index in [1.807, 2.05) is 30.3 Å². The summed E-state index contributed by atoms with van der Waals surface area (Å²) in [5.41, 5.74) is 0.989. The van der Waals surface area contributed by atoms with Crippen LogP contribution < -0.4 is 0 Å². The molecule has 1 fully saturated rings. The van der Waals surface area contributed by atoms with E-state index < -0.39 is 0 Å². The molecule has 0 N–H and O–H groups in total. The van der Waals surface area contributed by atoms with Gasteiger partial charge in [0.15, 0.2) is 10.4 Å². The van der Waals surface area contributed by atoms with E-state index >= 15 is 0 Å². The van der Waals surface area contributed by atoms with Gasteiger partial charge in [-0.25, -0.2) is 0 Å². The number of nitrogens with zero attached hydrogens (tertiary/aromatic N) is 2. The first-order valence-electron chi connectivity index (χ1n) is 7.70. The number of carbonyl (C=O) groups excluding carboxylic acids is 2. The number of benzene rings is 1. The van der Waals surface area contributed by atoms with Crippen molar-refractivity contribution >= 4 is 33.8 Å². The molecule has 0 atom stereocenters. The first-order valence-corrected chi connectivity index (χ1v) is 8.49. The molecule has 0 aliphatic carbocycles. The minimum absolute atomic E-state index is 0.0355. The van der Waals surface area contributed by atoms with Gasteiger partial charge in [-0.3, -0.25) is 9.59 Å². The van der Waals surface area contributed by atoms with Gasteiger partial charge in [0.2, 0.25) is 5.91 Å². The molecule has 5 nitrogen and oxygen atoms in total. The van der Waals surface area contributed by atoms with Crippen molar-refractivity contribution in [3.63, 3.8) is 0 Å². The minimum atomic E-state index is -0.146. The Morgan fingerprint density at radius 2 is 1.62 bits per heavy atom. The van der Waals surface area contributed by atoms with Crippen molar-refractivity contribution in [2.75, 3.05) is 26.2 Å². The van der Waals surface area contributed by atoms with E-state index in [0.717, 1.165) is 5.56 Å². The summed E-state index contributed by atoms with van der Waals surface area (Å²) in [5, 5.41) is 0. The topological polar surface area (TPSA) is 53.8 Å². The number of furan rings is 1. The minimum Gasteiger partial charge on any atom is -0.444 e. The predicted octanol–water partition coefficient (Wildman–Crippen LogP) is 3.04. The molecule has 1 aromatic heterocycles.